The van der Waals surface area contributed by atoms with Crippen LogP contribution in [-0.4, -0.2) is 34.5 Å². The number of rotatable bonds is 4. The lowest BCUT2D eigenvalue weighted by Gasteiger charge is -2.55. The van der Waals surface area contributed by atoms with Crippen LogP contribution in [0.2, 0.25) is 5.02 Å². The first-order valence-electron chi connectivity index (χ1n) is 10.8. The molecule has 1 saturated heterocycles. The molecular weight excluding hydrogens is 465 g/mol. The first-order chi connectivity index (χ1) is 15.3. The van der Waals surface area contributed by atoms with Gasteiger partial charge in [-0.25, -0.2) is 12.8 Å². The minimum atomic E-state index is -3.79. The number of aliphatic imine (C=N–C) groups is 1. The number of halogens is 2. The van der Waals surface area contributed by atoms with Crippen LogP contribution in [-0.2, 0) is 21.8 Å². The molecule has 0 radical (unpaired) electrons. The number of Topliss-reactive ketones (excluding diaryl/α,β-unsaturated/α-hetero) is 1. The minimum absolute atomic E-state index is 0.00374. The monoisotopic (exact) mass is 491 g/mol. The van der Waals surface area contributed by atoms with Crippen molar-refractivity contribution in [2.45, 2.75) is 68.4 Å². The molecule has 3 atom stereocenters. The zero-order chi connectivity index (χ0) is 24.4. The molecule has 33 heavy (non-hydrogen) atoms. The highest BCUT2D eigenvalue weighted by molar-refractivity contribution is 7.95. The van der Waals surface area contributed by atoms with Crippen LogP contribution < -0.4 is 5.73 Å². The third kappa shape index (κ3) is 3.25. The van der Waals surface area contributed by atoms with Crippen LogP contribution in [0.1, 0.15) is 67.2 Å². The van der Waals surface area contributed by atoms with Gasteiger partial charge in [-0.15, -0.1) is 0 Å². The average Bonchev–Trinajstić information content (AvgIpc) is 2.72. The summed E-state index contributed by atoms with van der Waals surface area (Å²) < 4.78 is 40.0. The van der Waals surface area contributed by atoms with Crippen molar-refractivity contribution >= 4 is 33.1 Å². The summed E-state index contributed by atoms with van der Waals surface area (Å²) in [6, 6.07) is 5.96. The van der Waals surface area contributed by atoms with Crippen LogP contribution in [0, 0.1) is 12.7 Å². The molecule has 3 heterocycles. The molecule has 1 aromatic heterocycles. The van der Waals surface area contributed by atoms with Gasteiger partial charge in [0, 0.05) is 18.2 Å². The molecule has 2 N–H and O–H groups in total. The van der Waals surface area contributed by atoms with Crippen molar-refractivity contribution in [1.29, 1.82) is 0 Å². The summed E-state index contributed by atoms with van der Waals surface area (Å²) in [5, 5.41) is 0.433. The number of aromatic nitrogens is 1. The molecule has 0 aliphatic carbocycles. The molecular formula is C24H27ClFN3O3S. The third-order valence-electron chi connectivity index (χ3n) is 7.64. The molecule has 9 heteroatoms. The Morgan fingerprint density at radius 1 is 1.21 bits per heavy atom. The molecule has 0 saturated carbocycles. The fourth-order valence-corrected chi connectivity index (χ4v) is 8.31. The first kappa shape index (κ1) is 23.8. The predicted molar refractivity (Wildman–Crippen MR) is 127 cm³/mol. The molecule has 176 valence electrons. The first-order valence-corrected chi connectivity index (χ1v) is 12.7. The number of nitrogens with two attached hydrogens (primary N) is 1. The van der Waals surface area contributed by atoms with E-state index in [9.17, 15) is 13.2 Å². The van der Waals surface area contributed by atoms with Crippen LogP contribution in [0.15, 0.2) is 35.5 Å². The number of hydrogen-bond acceptors (Lipinski definition) is 6. The summed E-state index contributed by atoms with van der Waals surface area (Å²) in [4.78, 5) is 21.7. The molecule has 2 aliphatic rings. The van der Waals surface area contributed by atoms with E-state index in [1.807, 2.05) is 0 Å². The molecule has 6 nitrogen and oxygen atoms in total. The highest BCUT2D eigenvalue weighted by Gasteiger charge is 2.67. The lowest BCUT2D eigenvalue weighted by molar-refractivity contribution is 0.0987. The Morgan fingerprint density at radius 2 is 1.91 bits per heavy atom. The van der Waals surface area contributed by atoms with E-state index in [0.29, 0.717) is 35.4 Å². The SMILES string of the molecule is Cc1cc(Cl)cnc1C(=O)Cc1ccc(F)c([C@@]2(C)N=C(N)[C@]3(C)CCC[C@@]2(C)S3(=O)=O)c1. The number of pyridine rings is 1. The molecule has 1 fully saturated rings. The topological polar surface area (TPSA) is 102 Å². The molecule has 4 rings (SSSR count). The number of sulfone groups is 1. The Balaban J connectivity index is 1.81. The number of benzene rings is 1. The highest BCUT2D eigenvalue weighted by atomic mass is 35.5. The maximum Gasteiger partial charge on any atom is 0.185 e. The Bertz CT molecular complexity index is 1310. The van der Waals surface area contributed by atoms with Gasteiger partial charge in [0.05, 0.1) is 9.77 Å². The van der Waals surface area contributed by atoms with E-state index in [2.05, 4.69) is 9.98 Å². The standard InChI is InChI=1S/C24H27ClFN3O3S/c1-14-10-16(25)13-28-20(14)19(30)12-15-6-7-18(26)17(11-15)24(4)23(3)9-5-8-22(2,21(27)29-24)33(23,31)32/h6-7,10-11,13H,5,8-9,12H2,1-4H3,(H2,27,29)/t22-,23+,24+/m0/s1. The lowest BCUT2D eigenvalue weighted by Crippen LogP contribution is -2.69. The Labute approximate surface area is 198 Å². The van der Waals surface area contributed by atoms with E-state index in [1.54, 1.807) is 33.8 Å². The van der Waals surface area contributed by atoms with Gasteiger partial charge in [0.25, 0.3) is 0 Å². The number of carbonyl (C=O) groups is 1. The van der Waals surface area contributed by atoms with E-state index < -0.39 is 30.7 Å². The van der Waals surface area contributed by atoms with Gasteiger partial charge in [-0.1, -0.05) is 17.7 Å². The van der Waals surface area contributed by atoms with Gasteiger partial charge >= 0.3 is 0 Å². The molecule has 0 spiro atoms. The molecule has 1 aromatic carbocycles. The van der Waals surface area contributed by atoms with Crippen LogP contribution in [0.4, 0.5) is 4.39 Å². The van der Waals surface area contributed by atoms with Crippen molar-refractivity contribution in [2.75, 3.05) is 0 Å². The van der Waals surface area contributed by atoms with Gasteiger partial charge < -0.3 is 5.73 Å². The van der Waals surface area contributed by atoms with E-state index >= 15 is 4.39 Å². The molecule has 0 amide bonds. The van der Waals surface area contributed by atoms with Crippen LogP contribution in [0.3, 0.4) is 0 Å². The maximum atomic E-state index is 15.2. The van der Waals surface area contributed by atoms with Crippen LogP contribution >= 0.6 is 11.6 Å². The summed E-state index contributed by atoms with van der Waals surface area (Å²) in [7, 11) is -3.79. The minimum Gasteiger partial charge on any atom is -0.386 e. The quantitative estimate of drug-likeness (QED) is 0.642. The third-order valence-corrected chi connectivity index (χ3v) is 11.2. The van der Waals surface area contributed by atoms with Gasteiger partial charge in [-0.3, -0.25) is 14.8 Å². The van der Waals surface area contributed by atoms with E-state index in [-0.39, 0.29) is 29.3 Å². The zero-order valence-electron chi connectivity index (χ0n) is 19.1. The fourth-order valence-electron chi connectivity index (χ4n) is 5.28. The normalized spacial score (nSPS) is 30.5. The van der Waals surface area contributed by atoms with Crippen molar-refractivity contribution in [3.63, 3.8) is 0 Å². The summed E-state index contributed by atoms with van der Waals surface area (Å²) in [5.74, 6) is -0.830. The Hall–Kier alpha value is -2.32. The summed E-state index contributed by atoms with van der Waals surface area (Å²) >= 11 is 5.93. The molecule has 2 bridgehead atoms. The molecule has 0 unspecified atom stereocenters. The number of ketones is 1. The van der Waals surface area contributed by atoms with Gasteiger partial charge in [0.2, 0.25) is 0 Å². The lowest BCUT2D eigenvalue weighted by atomic mass is 9.74. The zero-order valence-corrected chi connectivity index (χ0v) is 20.6. The van der Waals surface area contributed by atoms with E-state index in [4.69, 9.17) is 17.3 Å². The Kier molecular flexibility index (Phi) is 5.49. The van der Waals surface area contributed by atoms with E-state index in [0.717, 1.165) is 0 Å². The maximum absolute atomic E-state index is 15.2. The summed E-state index contributed by atoms with van der Waals surface area (Å²) in [6.45, 7) is 6.60. The molecule has 2 aromatic rings. The smallest absolute Gasteiger partial charge is 0.185 e. The number of fused-ring (bicyclic) bond motifs is 2. The fraction of sp³-hybridized carbons (Fsp3) is 0.458. The number of carbonyl (C=O) groups excluding carboxylic acids is 1. The van der Waals surface area contributed by atoms with Crippen LogP contribution in [0.5, 0.6) is 0 Å². The highest BCUT2D eigenvalue weighted by Crippen LogP contribution is 2.56. The second-order valence-corrected chi connectivity index (χ2v) is 12.9. The number of hydrogen-bond donors (Lipinski definition) is 1. The van der Waals surface area contributed by atoms with Gasteiger partial charge in [0.1, 0.15) is 27.6 Å². The second kappa shape index (κ2) is 7.60. The van der Waals surface area contributed by atoms with Crippen molar-refractivity contribution < 1.29 is 17.6 Å². The van der Waals surface area contributed by atoms with Gasteiger partial charge in [-0.05, 0) is 76.3 Å². The summed E-state index contributed by atoms with van der Waals surface area (Å²) in [6.07, 6.45) is 2.75. The predicted octanol–water partition coefficient (Wildman–Crippen LogP) is 4.31. The van der Waals surface area contributed by atoms with Crippen molar-refractivity contribution in [2.24, 2.45) is 10.7 Å². The van der Waals surface area contributed by atoms with Crippen molar-refractivity contribution in [3.05, 3.63) is 63.7 Å². The average molecular weight is 492 g/mol. The second-order valence-electron chi connectivity index (χ2n) is 9.62. The summed E-state index contributed by atoms with van der Waals surface area (Å²) in [5.41, 5.74) is 6.36. The largest absolute Gasteiger partial charge is 0.386 e. The van der Waals surface area contributed by atoms with Crippen molar-refractivity contribution in [1.82, 2.24) is 4.98 Å². The van der Waals surface area contributed by atoms with Crippen LogP contribution in [0.25, 0.3) is 0 Å². The van der Waals surface area contributed by atoms with Gasteiger partial charge in [-0.2, -0.15) is 0 Å². The van der Waals surface area contributed by atoms with Crippen molar-refractivity contribution in [3.8, 4) is 0 Å². The molecule has 2 aliphatic heterocycles. The number of amidine groups is 1. The number of aryl methyl sites for hydroxylation is 1. The number of nitrogens with zero attached hydrogens (tertiary/aromatic N) is 2. The van der Waals surface area contributed by atoms with E-state index in [1.165, 1.54) is 24.4 Å². The van der Waals surface area contributed by atoms with Gasteiger partial charge in [0.15, 0.2) is 15.6 Å². The Morgan fingerprint density at radius 3 is 2.58 bits per heavy atom.